The summed E-state index contributed by atoms with van der Waals surface area (Å²) >= 11 is 0. The summed E-state index contributed by atoms with van der Waals surface area (Å²) in [4.78, 5) is 9.10. The molecule has 0 saturated carbocycles. The van der Waals surface area contributed by atoms with Crippen molar-refractivity contribution < 1.29 is 0 Å². The standard InChI is InChI=1S/C17H13N5/c1-12-8-15(17(19-9-12)22-10-20-21-11-22)14-6-2-4-13-5-3-7-18-16(13)14/h2-11H,1H3. The minimum absolute atomic E-state index is 0.800. The van der Waals surface area contributed by atoms with Gasteiger partial charge in [0.05, 0.1) is 5.52 Å². The number of aryl methyl sites for hydroxylation is 1. The van der Waals surface area contributed by atoms with Gasteiger partial charge in [-0.15, -0.1) is 10.2 Å². The van der Waals surface area contributed by atoms with E-state index in [1.807, 2.05) is 36.0 Å². The van der Waals surface area contributed by atoms with Gasteiger partial charge in [-0.1, -0.05) is 24.3 Å². The minimum atomic E-state index is 0.800. The van der Waals surface area contributed by atoms with Gasteiger partial charge in [-0.3, -0.25) is 9.55 Å². The first-order valence-electron chi connectivity index (χ1n) is 6.99. The predicted molar refractivity (Wildman–Crippen MR) is 84.6 cm³/mol. The van der Waals surface area contributed by atoms with Gasteiger partial charge >= 0.3 is 0 Å². The molecule has 5 nitrogen and oxygen atoms in total. The van der Waals surface area contributed by atoms with E-state index in [4.69, 9.17) is 0 Å². The van der Waals surface area contributed by atoms with Gasteiger partial charge in [0.2, 0.25) is 0 Å². The smallest absolute Gasteiger partial charge is 0.147 e. The van der Waals surface area contributed by atoms with Crippen molar-refractivity contribution in [3.63, 3.8) is 0 Å². The summed E-state index contributed by atoms with van der Waals surface area (Å²) in [5.74, 6) is 0.800. The maximum atomic E-state index is 4.56. The highest BCUT2D eigenvalue weighted by Crippen LogP contribution is 2.31. The highest BCUT2D eigenvalue weighted by molar-refractivity contribution is 5.95. The minimum Gasteiger partial charge on any atom is -0.271 e. The molecular formula is C17H13N5. The molecule has 3 heterocycles. The Morgan fingerprint density at radius 1 is 0.909 bits per heavy atom. The van der Waals surface area contributed by atoms with E-state index in [2.05, 4.69) is 44.4 Å². The lowest BCUT2D eigenvalue weighted by Gasteiger charge is -2.11. The SMILES string of the molecule is Cc1cnc(-n2cnnc2)c(-c2cccc3cccnc23)c1. The topological polar surface area (TPSA) is 56.5 Å². The van der Waals surface area contributed by atoms with E-state index in [9.17, 15) is 0 Å². The number of nitrogens with zero attached hydrogens (tertiary/aromatic N) is 5. The van der Waals surface area contributed by atoms with Crippen LogP contribution in [0.1, 0.15) is 5.56 Å². The Morgan fingerprint density at radius 2 is 1.73 bits per heavy atom. The number of pyridine rings is 2. The molecular weight excluding hydrogens is 274 g/mol. The van der Waals surface area contributed by atoms with E-state index >= 15 is 0 Å². The Balaban J connectivity index is 2.04. The summed E-state index contributed by atoms with van der Waals surface area (Å²) in [7, 11) is 0. The summed E-state index contributed by atoms with van der Waals surface area (Å²) in [5, 5.41) is 8.86. The third-order valence-electron chi connectivity index (χ3n) is 3.59. The van der Waals surface area contributed by atoms with Crippen molar-refractivity contribution >= 4 is 10.9 Å². The molecule has 0 fully saturated rings. The zero-order valence-electron chi connectivity index (χ0n) is 12.0. The maximum Gasteiger partial charge on any atom is 0.147 e. The van der Waals surface area contributed by atoms with Crippen molar-refractivity contribution in [3.8, 4) is 16.9 Å². The first kappa shape index (κ1) is 12.6. The van der Waals surface area contributed by atoms with Crippen LogP contribution in [0.2, 0.25) is 0 Å². The molecule has 1 aromatic carbocycles. The van der Waals surface area contributed by atoms with Crippen molar-refractivity contribution in [1.29, 1.82) is 0 Å². The van der Waals surface area contributed by atoms with Crippen LogP contribution in [-0.2, 0) is 0 Å². The largest absolute Gasteiger partial charge is 0.271 e. The van der Waals surface area contributed by atoms with E-state index in [0.29, 0.717) is 0 Å². The lowest BCUT2D eigenvalue weighted by molar-refractivity contribution is 0.989. The van der Waals surface area contributed by atoms with Crippen LogP contribution in [-0.4, -0.2) is 24.7 Å². The van der Waals surface area contributed by atoms with Gasteiger partial charge in [0.15, 0.2) is 0 Å². The second-order valence-corrected chi connectivity index (χ2v) is 5.13. The van der Waals surface area contributed by atoms with Crippen molar-refractivity contribution in [2.24, 2.45) is 0 Å². The molecule has 0 aliphatic heterocycles. The molecule has 106 valence electrons. The van der Waals surface area contributed by atoms with Gasteiger partial charge < -0.3 is 0 Å². The van der Waals surface area contributed by atoms with Gasteiger partial charge in [-0.05, 0) is 24.6 Å². The number of benzene rings is 1. The molecule has 0 amide bonds. The summed E-state index contributed by atoms with van der Waals surface area (Å²) in [5.41, 5.74) is 4.13. The van der Waals surface area contributed by atoms with E-state index in [1.54, 1.807) is 12.7 Å². The lowest BCUT2D eigenvalue weighted by Crippen LogP contribution is -1.99. The van der Waals surface area contributed by atoms with Gasteiger partial charge in [-0.25, -0.2) is 4.98 Å². The molecule has 0 spiro atoms. The molecule has 5 heteroatoms. The second-order valence-electron chi connectivity index (χ2n) is 5.13. The average molecular weight is 287 g/mol. The summed E-state index contributed by atoms with van der Waals surface area (Å²) in [6.07, 6.45) is 6.96. The molecule has 0 atom stereocenters. The Morgan fingerprint density at radius 3 is 2.59 bits per heavy atom. The van der Waals surface area contributed by atoms with Crippen LogP contribution in [0.4, 0.5) is 0 Å². The Hall–Kier alpha value is -3.08. The van der Waals surface area contributed by atoms with E-state index in [-0.39, 0.29) is 0 Å². The van der Waals surface area contributed by atoms with Crippen molar-refractivity contribution in [2.45, 2.75) is 6.92 Å². The highest BCUT2D eigenvalue weighted by Gasteiger charge is 2.12. The molecule has 4 aromatic rings. The molecule has 0 saturated heterocycles. The normalized spacial score (nSPS) is 11.0. The predicted octanol–water partition coefficient (Wildman–Crippen LogP) is 3.19. The van der Waals surface area contributed by atoms with Crippen LogP contribution in [0.3, 0.4) is 0 Å². The summed E-state index contributed by atoms with van der Waals surface area (Å²) < 4.78 is 1.82. The quantitative estimate of drug-likeness (QED) is 0.568. The summed E-state index contributed by atoms with van der Waals surface area (Å²) in [6, 6.07) is 12.3. The van der Waals surface area contributed by atoms with Crippen LogP contribution in [0.25, 0.3) is 27.8 Å². The van der Waals surface area contributed by atoms with Crippen LogP contribution in [0, 0.1) is 6.92 Å². The third kappa shape index (κ3) is 2.03. The fraction of sp³-hybridized carbons (Fsp3) is 0.0588. The number of hydrogen-bond donors (Lipinski definition) is 0. The Labute approximate surface area is 127 Å². The first-order chi connectivity index (χ1) is 10.8. The second kappa shape index (κ2) is 5.04. The molecule has 0 N–H and O–H groups in total. The van der Waals surface area contributed by atoms with Crippen molar-refractivity contribution in [1.82, 2.24) is 24.7 Å². The van der Waals surface area contributed by atoms with Gasteiger partial charge in [0.1, 0.15) is 18.5 Å². The van der Waals surface area contributed by atoms with Crippen molar-refractivity contribution in [3.05, 3.63) is 67.0 Å². The number of rotatable bonds is 2. The molecule has 0 radical (unpaired) electrons. The fourth-order valence-electron chi connectivity index (χ4n) is 2.60. The molecule has 0 aliphatic carbocycles. The molecule has 0 aliphatic rings. The molecule has 0 bridgehead atoms. The number of hydrogen-bond acceptors (Lipinski definition) is 4. The van der Waals surface area contributed by atoms with Crippen LogP contribution in [0.15, 0.2) is 61.4 Å². The lowest BCUT2D eigenvalue weighted by atomic mass is 10.0. The first-order valence-corrected chi connectivity index (χ1v) is 6.99. The third-order valence-corrected chi connectivity index (χ3v) is 3.59. The molecule has 3 aromatic heterocycles. The Bertz CT molecular complexity index is 939. The Kier molecular flexibility index (Phi) is 2.89. The fourth-order valence-corrected chi connectivity index (χ4v) is 2.60. The van der Waals surface area contributed by atoms with Gasteiger partial charge in [0, 0.05) is 28.9 Å². The van der Waals surface area contributed by atoms with Gasteiger partial charge in [-0.2, -0.15) is 0 Å². The number of aromatic nitrogens is 5. The van der Waals surface area contributed by atoms with E-state index in [0.717, 1.165) is 33.4 Å². The molecule has 22 heavy (non-hydrogen) atoms. The molecule has 0 unspecified atom stereocenters. The van der Waals surface area contributed by atoms with Crippen LogP contribution < -0.4 is 0 Å². The van der Waals surface area contributed by atoms with E-state index in [1.165, 1.54) is 0 Å². The maximum absolute atomic E-state index is 4.56. The monoisotopic (exact) mass is 287 g/mol. The number of fused-ring (bicyclic) bond motifs is 1. The summed E-state index contributed by atoms with van der Waals surface area (Å²) in [6.45, 7) is 2.03. The zero-order chi connectivity index (χ0) is 14.9. The van der Waals surface area contributed by atoms with E-state index < -0.39 is 0 Å². The average Bonchev–Trinajstić information content (AvgIpc) is 3.08. The molecule has 4 rings (SSSR count). The van der Waals surface area contributed by atoms with Crippen molar-refractivity contribution in [2.75, 3.05) is 0 Å². The number of para-hydroxylation sites is 1. The highest BCUT2D eigenvalue weighted by atomic mass is 15.2. The van der Waals surface area contributed by atoms with Crippen LogP contribution in [0.5, 0.6) is 0 Å². The van der Waals surface area contributed by atoms with Gasteiger partial charge in [0.25, 0.3) is 0 Å². The van der Waals surface area contributed by atoms with Crippen LogP contribution >= 0.6 is 0 Å². The zero-order valence-corrected chi connectivity index (χ0v) is 12.0.